The van der Waals surface area contributed by atoms with E-state index in [1.165, 1.54) is 16.7 Å². The molecule has 0 fully saturated rings. The summed E-state index contributed by atoms with van der Waals surface area (Å²) in [6.45, 7) is 5.06. The van der Waals surface area contributed by atoms with E-state index in [1.54, 1.807) is 0 Å². The fourth-order valence-electron chi connectivity index (χ4n) is 1.57. The quantitative estimate of drug-likeness (QED) is 0.583. The smallest absolute Gasteiger partial charge is 0.216 e. The van der Waals surface area contributed by atoms with Gasteiger partial charge in [0.1, 0.15) is 0 Å². The second kappa shape index (κ2) is 2.77. The molecule has 0 radical (unpaired) electrons. The van der Waals surface area contributed by atoms with Gasteiger partial charge in [-0.1, -0.05) is 0 Å². The van der Waals surface area contributed by atoms with Crippen LogP contribution in [0.5, 0.6) is 5.88 Å². The SMILES string of the molecule is Cc1cnc2c(c1C)CCCO2. The van der Waals surface area contributed by atoms with Crippen molar-refractivity contribution < 1.29 is 4.74 Å². The molecule has 0 atom stereocenters. The number of hydrogen-bond donors (Lipinski definition) is 0. The van der Waals surface area contributed by atoms with Crippen molar-refractivity contribution in [3.05, 3.63) is 22.9 Å². The van der Waals surface area contributed by atoms with E-state index in [0.717, 1.165) is 25.3 Å². The van der Waals surface area contributed by atoms with Crippen LogP contribution in [-0.2, 0) is 6.42 Å². The normalized spacial score (nSPS) is 15.2. The summed E-state index contributed by atoms with van der Waals surface area (Å²) in [5.41, 5.74) is 3.92. The number of hydrogen-bond acceptors (Lipinski definition) is 2. The van der Waals surface area contributed by atoms with E-state index in [4.69, 9.17) is 4.74 Å². The molecule has 1 aliphatic rings. The molecule has 2 heteroatoms. The Kier molecular flexibility index (Phi) is 1.75. The number of ether oxygens (including phenoxy) is 1. The van der Waals surface area contributed by atoms with Crippen molar-refractivity contribution >= 4 is 0 Å². The zero-order valence-electron chi connectivity index (χ0n) is 7.55. The van der Waals surface area contributed by atoms with Gasteiger partial charge in [-0.15, -0.1) is 0 Å². The molecule has 0 N–H and O–H groups in total. The van der Waals surface area contributed by atoms with Gasteiger partial charge in [-0.3, -0.25) is 0 Å². The number of pyridine rings is 1. The molecule has 2 heterocycles. The molecule has 0 aliphatic carbocycles. The van der Waals surface area contributed by atoms with Gasteiger partial charge >= 0.3 is 0 Å². The van der Waals surface area contributed by atoms with Gasteiger partial charge in [0.15, 0.2) is 0 Å². The van der Waals surface area contributed by atoms with Crippen molar-refractivity contribution in [1.82, 2.24) is 4.98 Å². The molecule has 2 nitrogen and oxygen atoms in total. The minimum atomic E-state index is 0.822. The average Bonchev–Trinajstić information content (AvgIpc) is 2.12. The largest absolute Gasteiger partial charge is 0.477 e. The maximum Gasteiger partial charge on any atom is 0.216 e. The molecule has 64 valence electrons. The van der Waals surface area contributed by atoms with Crippen LogP contribution in [0.1, 0.15) is 23.1 Å². The Morgan fingerprint density at radius 1 is 1.42 bits per heavy atom. The highest BCUT2D eigenvalue weighted by Gasteiger charge is 2.14. The number of aromatic nitrogens is 1. The van der Waals surface area contributed by atoms with Gasteiger partial charge in [-0.05, 0) is 37.8 Å². The number of nitrogens with zero attached hydrogens (tertiary/aromatic N) is 1. The molecule has 0 amide bonds. The molecule has 0 bridgehead atoms. The van der Waals surface area contributed by atoms with Crippen LogP contribution in [0.2, 0.25) is 0 Å². The third kappa shape index (κ3) is 1.07. The predicted octanol–water partition coefficient (Wildman–Crippen LogP) is 2.02. The van der Waals surface area contributed by atoms with Gasteiger partial charge in [0.05, 0.1) is 6.61 Å². The van der Waals surface area contributed by atoms with Gasteiger partial charge in [0.25, 0.3) is 0 Å². The van der Waals surface area contributed by atoms with Crippen LogP contribution in [0, 0.1) is 13.8 Å². The summed E-state index contributed by atoms with van der Waals surface area (Å²) < 4.78 is 5.45. The van der Waals surface area contributed by atoms with E-state index >= 15 is 0 Å². The van der Waals surface area contributed by atoms with Crippen LogP contribution in [0.25, 0.3) is 0 Å². The monoisotopic (exact) mass is 163 g/mol. The van der Waals surface area contributed by atoms with E-state index in [0.29, 0.717) is 0 Å². The lowest BCUT2D eigenvalue weighted by molar-refractivity contribution is 0.275. The van der Waals surface area contributed by atoms with Gasteiger partial charge in [-0.25, -0.2) is 4.98 Å². The van der Waals surface area contributed by atoms with E-state index in [-0.39, 0.29) is 0 Å². The highest BCUT2D eigenvalue weighted by Crippen LogP contribution is 2.26. The molecule has 1 aliphatic heterocycles. The van der Waals surface area contributed by atoms with Gasteiger partial charge in [0, 0.05) is 11.8 Å². The summed E-state index contributed by atoms with van der Waals surface area (Å²) in [6.07, 6.45) is 4.13. The molecule has 0 saturated heterocycles. The molecule has 0 saturated carbocycles. The van der Waals surface area contributed by atoms with Crippen LogP contribution in [-0.4, -0.2) is 11.6 Å². The molecule has 0 aromatic carbocycles. The Bertz CT molecular complexity index is 307. The maximum atomic E-state index is 5.45. The summed E-state index contributed by atoms with van der Waals surface area (Å²) in [6, 6.07) is 0. The van der Waals surface area contributed by atoms with Gasteiger partial charge in [0.2, 0.25) is 5.88 Å². The Morgan fingerprint density at radius 3 is 3.08 bits per heavy atom. The van der Waals surface area contributed by atoms with Crippen molar-refractivity contribution in [2.24, 2.45) is 0 Å². The summed E-state index contributed by atoms with van der Waals surface area (Å²) in [5, 5.41) is 0. The number of aryl methyl sites for hydroxylation is 1. The molecule has 2 rings (SSSR count). The lowest BCUT2D eigenvalue weighted by Gasteiger charge is -2.18. The Morgan fingerprint density at radius 2 is 2.25 bits per heavy atom. The molecule has 0 spiro atoms. The standard InChI is InChI=1S/C10H13NO/c1-7-6-11-10-9(8(7)2)4-3-5-12-10/h6H,3-5H2,1-2H3. The van der Waals surface area contributed by atoms with Crippen LogP contribution in [0.15, 0.2) is 6.20 Å². The topological polar surface area (TPSA) is 22.1 Å². The number of rotatable bonds is 0. The zero-order chi connectivity index (χ0) is 8.55. The van der Waals surface area contributed by atoms with Crippen molar-refractivity contribution in [3.8, 4) is 5.88 Å². The zero-order valence-corrected chi connectivity index (χ0v) is 7.55. The Balaban J connectivity index is 2.54. The summed E-state index contributed by atoms with van der Waals surface area (Å²) in [7, 11) is 0. The third-order valence-corrected chi connectivity index (χ3v) is 2.49. The van der Waals surface area contributed by atoms with Crippen LogP contribution < -0.4 is 4.74 Å². The third-order valence-electron chi connectivity index (χ3n) is 2.49. The van der Waals surface area contributed by atoms with Crippen molar-refractivity contribution in [3.63, 3.8) is 0 Å². The summed E-state index contributed by atoms with van der Waals surface area (Å²) in [4.78, 5) is 4.26. The lowest BCUT2D eigenvalue weighted by atomic mass is 10.0. The van der Waals surface area contributed by atoms with Gasteiger partial charge in [-0.2, -0.15) is 0 Å². The molecule has 12 heavy (non-hydrogen) atoms. The second-order valence-electron chi connectivity index (χ2n) is 3.30. The lowest BCUT2D eigenvalue weighted by Crippen LogP contribution is -2.11. The first-order chi connectivity index (χ1) is 5.79. The Labute approximate surface area is 72.6 Å². The first kappa shape index (κ1) is 7.59. The van der Waals surface area contributed by atoms with E-state index in [1.807, 2.05) is 6.20 Å². The first-order valence-corrected chi connectivity index (χ1v) is 4.37. The molecule has 1 aromatic heterocycles. The number of fused-ring (bicyclic) bond motifs is 1. The highest BCUT2D eigenvalue weighted by molar-refractivity contribution is 5.39. The fraction of sp³-hybridized carbons (Fsp3) is 0.500. The highest BCUT2D eigenvalue weighted by atomic mass is 16.5. The molecule has 1 aromatic rings. The van der Waals surface area contributed by atoms with Crippen molar-refractivity contribution in [2.75, 3.05) is 6.61 Å². The minimum Gasteiger partial charge on any atom is -0.477 e. The second-order valence-corrected chi connectivity index (χ2v) is 3.30. The van der Waals surface area contributed by atoms with E-state index < -0.39 is 0 Å². The summed E-state index contributed by atoms with van der Waals surface area (Å²) >= 11 is 0. The maximum absolute atomic E-state index is 5.45. The van der Waals surface area contributed by atoms with Crippen LogP contribution in [0.4, 0.5) is 0 Å². The van der Waals surface area contributed by atoms with Crippen LogP contribution >= 0.6 is 0 Å². The predicted molar refractivity (Wildman–Crippen MR) is 47.5 cm³/mol. The molecular weight excluding hydrogens is 150 g/mol. The molecular formula is C10H13NO. The minimum absolute atomic E-state index is 0.822. The molecule has 0 unspecified atom stereocenters. The fourth-order valence-corrected chi connectivity index (χ4v) is 1.57. The van der Waals surface area contributed by atoms with E-state index in [9.17, 15) is 0 Å². The first-order valence-electron chi connectivity index (χ1n) is 4.37. The Hall–Kier alpha value is -1.05. The van der Waals surface area contributed by atoms with Gasteiger partial charge < -0.3 is 4.74 Å². The summed E-state index contributed by atoms with van der Waals surface area (Å²) in [5.74, 6) is 0.851. The van der Waals surface area contributed by atoms with E-state index in [2.05, 4.69) is 18.8 Å². The average molecular weight is 163 g/mol. The van der Waals surface area contributed by atoms with Crippen molar-refractivity contribution in [1.29, 1.82) is 0 Å². The van der Waals surface area contributed by atoms with Crippen LogP contribution in [0.3, 0.4) is 0 Å². The van der Waals surface area contributed by atoms with Crippen molar-refractivity contribution in [2.45, 2.75) is 26.7 Å².